The van der Waals surface area contributed by atoms with Crippen LogP contribution in [0, 0.1) is 12.8 Å². The molecule has 3 nitrogen and oxygen atoms in total. The van der Waals surface area contributed by atoms with Crippen molar-refractivity contribution in [2.24, 2.45) is 5.92 Å². The van der Waals surface area contributed by atoms with E-state index in [2.05, 4.69) is 44.5 Å². The Hall–Kier alpha value is -0.830. The normalized spacial score (nSPS) is 11.4. The summed E-state index contributed by atoms with van der Waals surface area (Å²) in [5.74, 6) is 2.82. The molecule has 0 radical (unpaired) electrons. The molecule has 1 aromatic rings. The van der Waals surface area contributed by atoms with Gasteiger partial charge in [0.15, 0.2) is 0 Å². The van der Waals surface area contributed by atoms with Crippen LogP contribution in [-0.2, 0) is 0 Å². The van der Waals surface area contributed by atoms with E-state index in [-0.39, 0.29) is 0 Å². The van der Waals surface area contributed by atoms with Gasteiger partial charge in [-0.1, -0.05) is 52.1 Å². The second kappa shape index (κ2) is 7.82. The molecule has 0 atom stereocenters. The zero-order valence-electron chi connectivity index (χ0n) is 13.7. The van der Waals surface area contributed by atoms with E-state index >= 15 is 0 Å². The number of nitrogens with zero attached hydrogens (tertiary/aromatic N) is 3. The molecule has 1 rings (SSSR count). The summed E-state index contributed by atoms with van der Waals surface area (Å²) in [7, 11) is 0. The first-order valence-corrected chi connectivity index (χ1v) is 8.11. The summed E-state index contributed by atoms with van der Waals surface area (Å²) in [6, 6.07) is 0. The van der Waals surface area contributed by atoms with Gasteiger partial charge in [0.1, 0.15) is 16.8 Å². The minimum atomic E-state index is 0.290. The standard InChI is InChI=1S/C16H28ClN3/c1-7-13(8-2)10-20(9-3)16-12(6)14(17)18-15(19-16)11(4)5/h11,13H,7-10H2,1-6H3. The first kappa shape index (κ1) is 17.2. The number of hydrogen-bond acceptors (Lipinski definition) is 3. The predicted octanol–water partition coefficient (Wildman–Crippen LogP) is 4.82. The van der Waals surface area contributed by atoms with Gasteiger partial charge in [-0.05, 0) is 19.8 Å². The molecule has 0 amide bonds. The molecule has 0 aromatic carbocycles. The zero-order chi connectivity index (χ0) is 15.3. The first-order chi connectivity index (χ1) is 9.44. The summed E-state index contributed by atoms with van der Waals surface area (Å²) in [4.78, 5) is 11.5. The van der Waals surface area contributed by atoms with Crippen molar-refractivity contribution in [1.29, 1.82) is 0 Å². The molecule has 0 unspecified atom stereocenters. The van der Waals surface area contributed by atoms with Crippen LogP contribution in [0.2, 0.25) is 5.15 Å². The van der Waals surface area contributed by atoms with Crippen molar-refractivity contribution in [3.05, 3.63) is 16.5 Å². The van der Waals surface area contributed by atoms with Crippen molar-refractivity contribution in [1.82, 2.24) is 9.97 Å². The van der Waals surface area contributed by atoms with Gasteiger partial charge in [-0.25, -0.2) is 9.97 Å². The highest BCUT2D eigenvalue weighted by Gasteiger charge is 2.18. The van der Waals surface area contributed by atoms with E-state index in [4.69, 9.17) is 16.6 Å². The lowest BCUT2D eigenvalue weighted by Gasteiger charge is -2.28. The summed E-state index contributed by atoms with van der Waals surface area (Å²) in [5, 5.41) is 0.585. The quantitative estimate of drug-likeness (QED) is 0.675. The summed E-state index contributed by atoms with van der Waals surface area (Å²) >= 11 is 6.29. The number of hydrogen-bond donors (Lipinski definition) is 0. The largest absolute Gasteiger partial charge is 0.356 e. The maximum absolute atomic E-state index is 6.29. The minimum absolute atomic E-state index is 0.290. The predicted molar refractivity (Wildman–Crippen MR) is 87.8 cm³/mol. The van der Waals surface area contributed by atoms with Crippen molar-refractivity contribution in [3.8, 4) is 0 Å². The van der Waals surface area contributed by atoms with E-state index in [0.29, 0.717) is 17.0 Å². The fraction of sp³-hybridized carbons (Fsp3) is 0.750. The molecular weight excluding hydrogens is 270 g/mol. The van der Waals surface area contributed by atoms with Crippen LogP contribution >= 0.6 is 11.6 Å². The Balaban J connectivity index is 3.13. The summed E-state index contributed by atoms with van der Waals surface area (Å²) in [5.41, 5.74) is 0.990. The Bertz CT molecular complexity index is 428. The highest BCUT2D eigenvalue weighted by Crippen LogP contribution is 2.27. The summed E-state index contributed by atoms with van der Waals surface area (Å²) in [6.45, 7) is 14.9. The smallest absolute Gasteiger partial charge is 0.137 e. The molecule has 0 fully saturated rings. The van der Waals surface area contributed by atoms with Gasteiger partial charge in [0.05, 0.1) is 0 Å². The molecule has 114 valence electrons. The molecule has 0 aliphatic rings. The second-order valence-corrected chi connectivity index (χ2v) is 6.06. The molecule has 0 aliphatic carbocycles. The van der Waals surface area contributed by atoms with Crippen LogP contribution in [0.4, 0.5) is 5.82 Å². The van der Waals surface area contributed by atoms with Gasteiger partial charge in [-0.3, -0.25) is 0 Å². The molecule has 0 N–H and O–H groups in total. The topological polar surface area (TPSA) is 29.0 Å². The monoisotopic (exact) mass is 297 g/mol. The van der Waals surface area contributed by atoms with Gasteiger partial charge in [-0.2, -0.15) is 0 Å². The Kier molecular flexibility index (Phi) is 6.74. The molecule has 1 aromatic heterocycles. The number of rotatable bonds is 7. The number of aromatic nitrogens is 2. The number of anilines is 1. The highest BCUT2D eigenvalue weighted by molar-refractivity contribution is 6.30. The molecule has 0 saturated carbocycles. The lowest BCUT2D eigenvalue weighted by atomic mass is 10.0. The van der Waals surface area contributed by atoms with E-state index in [1.807, 2.05) is 6.92 Å². The van der Waals surface area contributed by atoms with Crippen LogP contribution in [0.3, 0.4) is 0 Å². The van der Waals surface area contributed by atoms with Crippen LogP contribution in [0.1, 0.15) is 64.8 Å². The van der Waals surface area contributed by atoms with Crippen molar-refractivity contribution in [3.63, 3.8) is 0 Å². The van der Waals surface area contributed by atoms with Crippen molar-refractivity contribution < 1.29 is 0 Å². The third-order valence-corrected chi connectivity index (χ3v) is 4.28. The minimum Gasteiger partial charge on any atom is -0.356 e. The van der Waals surface area contributed by atoms with E-state index in [1.54, 1.807) is 0 Å². The summed E-state index contributed by atoms with van der Waals surface area (Å²) < 4.78 is 0. The van der Waals surface area contributed by atoms with Gasteiger partial charge >= 0.3 is 0 Å². The Morgan fingerprint density at radius 1 is 1.10 bits per heavy atom. The second-order valence-electron chi connectivity index (χ2n) is 5.70. The molecule has 0 bridgehead atoms. The van der Waals surface area contributed by atoms with Gasteiger partial charge in [0.25, 0.3) is 0 Å². The van der Waals surface area contributed by atoms with E-state index in [0.717, 1.165) is 30.3 Å². The Labute approximate surface area is 128 Å². The maximum atomic E-state index is 6.29. The van der Waals surface area contributed by atoms with Crippen LogP contribution in [0.15, 0.2) is 0 Å². The molecule has 0 aliphatic heterocycles. The molecule has 0 spiro atoms. The third kappa shape index (κ3) is 4.08. The van der Waals surface area contributed by atoms with Crippen LogP contribution < -0.4 is 4.90 Å². The average molecular weight is 298 g/mol. The van der Waals surface area contributed by atoms with Crippen molar-refractivity contribution in [2.75, 3.05) is 18.0 Å². The van der Waals surface area contributed by atoms with E-state index < -0.39 is 0 Å². The third-order valence-electron chi connectivity index (χ3n) is 3.91. The molecule has 1 heterocycles. The van der Waals surface area contributed by atoms with Gasteiger partial charge < -0.3 is 4.90 Å². The molecule has 4 heteroatoms. The molecular formula is C16H28ClN3. The average Bonchev–Trinajstić information content (AvgIpc) is 2.43. The summed E-state index contributed by atoms with van der Waals surface area (Å²) in [6.07, 6.45) is 2.39. The fourth-order valence-corrected chi connectivity index (χ4v) is 2.46. The van der Waals surface area contributed by atoms with Gasteiger partial charge in [0, 0.05) is 24.6 Å². The highest BCUT2D eigenvalue weighted by atomic mass is 35.5. The van der Waals surface area contributed by atoms with Gasteiger partial charge in [-0.15, -0.1) is 0 Å². The SMILES string of the molecule is CCC(CC)CN(CC)c1nc(C(C)C)nc(Cl)c1C. The van der Waals surface area contributed by atoms with Crippen LogP contribution in [0.25, 0.3) is 0 Å². The van der Waals surface area contributed by atoms with Crippen LogP contribution in [0.5, 0.6) is 0 Å². The fourth-order valence-electron chi connectivity index (χ4n) is 2.28. The van der Waals surface area contributed by atoms with Crippen LogP contribution in [-0.4, -0.2) is 23.1 Å². The van der Waals surface area contributed by atoms with E-state index in [9.17, 15) is 0 Å². The Morgan fingerprint density at radius 2 is 1.70 bits per heavy atom. The molecule has 20 heavy (non-hydrogen) atoms. The van der Waals surface area contributed by atoms with Crippen molar-refractivity contribution >= 4 is 17.4 Å². The van der Waals surface area contributed by atoms with E-state index in [1.165, 1.54) is 12.8 Å². The van der Waals surface area contributed by atoms with Crippen molar-refractivity contribution in [2.45, 2.75) is 60.3 Å². The lowest BCUT2D eigenvalue weighted by Crippen LogP contribution is -2.31. The zero-order valence-corrected chi connectivity index (χ0v) is 14.5. The number of halogens is 1. The maximum Gasteiger partial charge on any atom is 0.137 e. The first-order valence-electron chi connectivity index (χ1n) is 7.73. The lowest BCUT2D eigenvalue weighted by molar-refractivity contribution is 0.483. The van der Waals surface area contributed by atoms with Gasteiger partial charge in [0.2, 0.25) is 0 Å². The Morgan fingerprint density at radius 3 is 2.15 bits per heavy atom. The molecule has 0 saturated heterocycles.